The molecule has 0 fully saturated rings. The molecule has 20 heteroatoms. The molecule has 0 N–H and O–H groups in total. The molecule has 0 atom stereocenters. The highest BCUT2D eigenvalue weighted by Gasteiger charge is 2.53. The van der Waals surface area contributed by atoms with Crippen molar-refractivity contribution in [1.29, 1.82) is 0 Å². The highest BCUT2D eigenvalue weighted by atomic mass is 14.5. The zero-order chi connectivity index (χ0) is 58.6. The molecule has 13 aromatic rings. The fourth-order valence-electron chi connectivity index (χ4n) is 17.6. The van der Waals surface area contributed by atoms with Crippen LogP contribution in [0.15, 0.2) is 109 Å². The molecular weight excluding hydrogens is 973 g/mol. The Morgan fingerprint density at radius 1 is 0.181 bits per heavy atom. The molecule has 0 nitrogen and oxygen atoms in total. The second-order valence-corrected chi connectivity index (χ2v) is 25.9. The quantitative estimate of drug-likeness (QED) is 0.119. The largest absolute Gasteiger partial charge is 0.140 e. The molecule has 0 saturated carbocycles. The molecule has 0 unspecified atom stereocenters. The number of hydrogen-bond donors (Lipinski definition) is 0. The van der Waals surface area contributed by atoms with Gasteiger partial charge in [-0.2, -0.15) is 0 Å². The molecule has 0 radical (unpaired) electrons. The van der Waals surface area contributed by atoms with Crippen molar-refractivity contribution in [2.24, 2.45) is 0 Å². The van der Waals surface area contributed by atoms with Crippen LogP contribution >= 0.6 is 0 Å². The predicted molar refractivity (Wildman–Crippen MR) is 431 cm³/mol. The van der Waals surface area contributed by atoms with E-state index in [0.717, 1.165) is 0 Å². The lowest BCUT2D eigenvalue weighted by Crippen LogP contribution is -2.65. The molecule has 0 aromatic heterocycles. The van der Waals surface area contributed by atoms with Crippen LogP contribution in [0.1, 0.15) is 22.3 Å². The first-order chi connectivity index (χ1) is 39.6. The fourth-order valence-corrected chi connectivity index (χ4v) is 17.6. The first kappa shape index (κ1) is 54.2. The van der Waals surface area contributed by atoms with Crippen LogP contribution in [0.4, 0.5) is 0 Å². The third-order valence-electron chi connectivity index (χ3n) is 22.8. The standard InChI is InChI=1S/C63H58B20/c64-43-33(27-17-13-23-9-7-19-3-1-5-21-11-15-25(27)31(23)29(19)21)47(68)56(77)51(72)37(43)38-45(66)40-36(49(70)50(38)71)35-39(63(40,41-52(73)57(78)61(82)58(79)53(41)74)42-54(75)59(80)62(83)60(81)55(42)76)44(65)34(46(67)48(35)69)28-18-14-24-10-8-20-4-2-6-22-12-16-26(28)32(24)30(20)22/h1-18H,64-83H2. The minimum absolute atomic E-state index is 0.714. The SMILES string of the molecule is Bc1c(B)c(B)c(C2(c3c(B)c(B)c(B)c(B)c3B)c3c(B)c(-c4c(B)c(B)c(B)c(-c5ccc6ccc7cccc8ccc5c6c78)c4B)c(B)c(B)c3-c3c(B)c(B)c(-c4ccc5ccc6cccc7ccc4c5c67)c(B)c32)c(B)c1B. The lowest BCUT2D eigenvalue weighted by atomic mass is 9.47. The highest BCUT2D eigenvalue weighted by molar-refractivity contribution is 6.71. The smallest absolute Gasteiger partial charge is 0.102 e. The summed E-state index contributed by atoms with van der Waals surface area (Å²) in [6.45, 7) is 0. The van der Waals surface area contributed by atoms with Gasteiger partial charge in [0.25, 0.3) is 0 Å². The third-order valence-corrected chi connectivity index (χ3v) is 22.8. The van der Waals surface area contributed by atoms with Crippen LogP contribution in [-0.2, 0) is 5.41 Å². The van der Waals surface area contributed by atoms with Crippen molar-refractivity contribution in [2.75, 3.05) is 0 Å². The van der Waals surface area contributed by atoms with Crippen molar-refractivity contribution in [1.82, 2.24) is 0 Å². The van der Waals surface area contributed by atoms with Crippen LogP contribution in [-0.4, -0.2) is 157 Å². The van der Waals surface area contributed by atoms with Gasteiger partial charge in [-0.3, -0.25) is 0 Å². The third kappa shape index (κ3) is 6.82. The summed E-state index contributed by atoms with van der Waals surface area (Å²) in [7, 11) is 48.8. The molecular formula is C63H58B20. The van der Waals surface area contributed by atoms with E-state index in [2.05, 4.69) is 266 Å². The Morgan fingerprint density at radius 3 is 0.831 bits per heavy atom. The molecule has 1 aliphatic carbocycles. The fraction of sp³-hybridized carbons (Fsp3) is 0.0159. The van der Waals surface area contributed by atoms with Gasteiger partial charge in [0.05, 0.1) is 5.41 Å². The number of fused-ring (bicyclic) bond motifs is 3. The first-order valence-electron chi connectivity index (χ1n) is 30.5. The molecule has 370 valence electrons. The van der Waals surface area contributed by atoms with E-state index in [1.807, 2.05) is 0 Å². The van der Waals surface area contributed by atoms with Crippen molar-refractivity contribution in [2.45, 2.75) is 5.41 Å². The summed E-state index contributed by atoms with van der Waals surface area (Å²) in [4.78, 5) is 0. The summed E-state index contributed by atoms with van der Waals surface area (Å²) in [6, 6.07) is 42.1. The average Bonchev–Trinajstić information content (AvgIpc) is 1.55. The number of benzene rings is 13. The Kier molecular flexibility index (Phi) is 12.2. The summed E-state index contributed by atoms with van der Waals surface area (Å²) >= 11 is 0. The van der Waals surface area contributed by atoms with E-state index >= 15 is 0 Å². The molecule has 0 bridgehead atoms. The van der Waals surface area contributed by atoms with Crippen molar-refractivity contribution < 1.29 is 0 Å². The van der Waals surface area contributed by atoms with E-state index in [4.69, 9.17) is 0 Å². The monoisotopic (exact) mass is 1030 g/mol. The molecule has 13 aromatic carbocycles. The summed E-state index contributed by atoms with van der Waals surface area (Å²) in [6.07, 6.45) is 0. The normalized spacial score (nSPS) is 12.9. The van der Waals surface area contributed by atoms with Crippen LogP contribution in [0, 0.1) is 0 Å². The van der Waals surface area contributed by atoms with E-state index in [9.17, 15) is 0 Å². The van der Waals surface area contributed by atoms with Crippen LogP contribution in [0.5, 0.6) is 0 Å². The van der Waals surface area contributed by atoms with Crippen LogP contribution in [0.25, 0.3) is 109 Å². The van der Waals surface area contributed by atoms with Crippen molar-refractivity contribution >= 4 is 331 Å². The van der Waals surface area contributed by atoms with Gasteiger partial charge in [-0.15, -0.1) is 38.2 Å². The van der Waals surface area contributed by atoms with Gasteiger partial charge in [0, 0.05) is 0 Å². The Morgan fingerprint density at radius 2 is 0.434 bits per heavy atom. The van der Waals surface area contributed by atoms with Gasteiger partial charge in [0.1, 0.15) is 157 Å². The molecule has 83 heavy (non-hydrogen) atoms. The van der Waals surface area contributed by atoms with Crippen LogP contribution < -0.4 is 109 Å². The average molecular weight is 1030 g/mol. The second kappa shape index (κ2) is 18.6. The summed E-state index contributed by atoms with van der Waals surface area (Å²) in [5, 5.41) is 15.9. The molecule has 0 saturated heterocycles. The van der Waals surface area contributed by atoms with E-state index in [1.165, 1.54) is 241 Å². The second-order valence-electron chi connectivity index (χ2n) is 25.9. The maximum atomic E-state index is 2.54. The Balaban J connectivity index is 1.19. The van der Waals surface area contributed by atoms with E-state index < -0.39 is 5.41 Å². The van der Waals surface area contributed by atoms with Crippen LogP contribution in [0.2, 0.25) is 0 Å². The molecule has 0 amide bonds. The Hall–Kier alpha value is -6.76. The van der Waals surface area contributed by atoms with Crippen molar-refractivity contribution in [3.63, 3.8) is 0 Å². The van der Waals surface area contributed by atoms with Gasteiger partial charge < -0.3 is 0 Å². The van der Waals surface area contributed by atoms with Crippen LogP contribution in [0.3, 0.4) is 0 Å². The zero-order valence-electron chi connectivity index (χ0n) is 52.9. The maximum Gasteiger partial charge on any atom is 0.140 e. The summed E-state index contributed by atoms with van der Waals surface area (Å²) < 4.78 is 0. The summed E-state index contributed by atoms with van der Waals surface area (Å²) in [5.74, 6) is 0. The summed E-state index contributed by atoms with van der Waals surface area (Å²) in [5.41, 5.74) is 43.8. The van der Waals surface area contributed by atoms with Gasteiger partial charge in [-0.1, -0.05) is 180 Å². The Bertz CT molecular complexity index is 5000. The van der Waals surface area contributed by atoms with Gasteiger partial charge in [-0.25, -0.2) is 0 Å². The maximum absolute atomic E-state index is 2.54. The minimum atomic E-state index is -0.714. The number of rotatable bonds is 5. The molecule has 14 rings (SSSR count). The minimum Gasteiger partial charge on any atom is -0.102 e. The highest BCUT2D eigenvalue weighted by Crippen LogP contribution is 2.53. The first-order valence-corrected chi connectivity index (χ1v) is 30.5. The van der Waals surface area contributed by atoms with E-state index in [-0.39, 0.29) is 0 Å². The number of hydrogen-bond acceptors (Lipinski definition) is 0. The van der Waals surface area contributed by atoms with Gasteiger partial charge >= 0.3 is 0 Å². The Labute approximate surface area is 508 Å². The van der Waals surface area contributed by atoms with Crippen molar-refractivity contribution in [3.8, 4) is 44.5 Å². The van der Waals surface area contributed by atoms with Gasteiger partial charge in [0.15, 0.2) is 0 Å². The zero-order valence-corrected chi connectivity index (χ0v) is 52.9. The lowest BCUT2D eigenvalue weighted by Gasteiger charge is -2.44. The van der Waals surface area contributed by atoms with Gasteiger partial charge in [0.2, 0.25) is 0 Å². The molecule has 0 aliphatic heterocycles. The lowest BCUT2D eigenvalue weighted by molar-refractivity contribution is 0.805. The van der Waals surface area contributed by atoms with Crippen molar-refractivity contribution in [3.05, 3.63) is 131 Å². The topological polar surface area (TPSA) is 0 Å². The van der Waals surface area contributed by atoms with Gasteiger partial charge in [-0.05, 0) is 131 Å². The molecule has 0 heterocycles. The van der Waals surface area contributed by atoms with E-state index in [1.54, 1.807) is 0 Å². The molecule has 1 aliphatic rings. The molecule has 0 spiro atoms. The van der Waals surface area contributed by atoms with E-state index in [0.29, 0.717) is 0 Å². The predicted octanol–water partition coefficient (Wildman–Crippen LogP) is -18.0.